The molecule has 198 valence electrons. The Morgan fingerprint density at radius 1 is 0.825 bits per heavy atom. The number of piperidine rings is 1. The third kappa shape index (κ3) is 4.85. The number of hydrogen-bond acceptors (Lipinski definition) is 8. The predicted molar refractivity (Wildman–Crippen MR) is 160 cm³/mol. The van der Waals surface area contributed by atoms with Gasteiger partial charge in [0.25, 0.3) is 0 Å². The predicted octanol–water partition coefficient (Wildman–Crippen LogP) is 6.10. The van der Waals surface area contributed by atoms with E-state index >= 15 is 0 Å². The van der Waals surface area contributed by atoms with Crippen LogP contribution in [0.5, 0.6) is 0 Å². The third-order valence-electron chi connectivity index (χ3n) is 7.55. The molecule has 8 nitrogen and oxygen atoms in total. The van der Waals surface area contributed by atoms with Gasteiger partial charge in [0.1, 0.15) is 0 Å². The molecule has 1 aliphatic rings. The number of aromatic nitrogens is 6. The van der Waals surface area contributed by atoms with Crippen molar-refractivity contribution in [3.8, 4) is 33.0 Å². The first-order chi connectivity index (χ1) is 19.7. The lowest BCUT2D eigenvalue weighted by atomic mass is 9.97. The minimum atomic E-state index is 0.396. The summed E-state index contributed by atoms with van der Waals surface area (Å²) in [4.78, 5) is 12.0. The standard InChI is InChI=1S/C31H28N8S/c32-31-37-36-30(40-31)25-17-27(22-5-2-1-3-6-22)28(34-18-25)23-10-8-21(9-11-23)20-38-15-12-26(13-16-38)39-29-24(19-35-39)7-4-14-33-29/h1-11,14,17-19,26H,12-13,15-16,20H2,(H2,32,37). The van der Waals surface area contributed by atoms with Crippen LogP contribution in [0.2, 0.25) is 0 Å². The molecule has 2 N–H and O–H groups in total. The van der Waals surface area contributed by atoms with E-state index in [1.807, 2.05) is 42.9 Å². The second-order valence-corrected chi connectivity index (χ2v) is 11.2. The number of nitrogens with zero attached hydrogens (tertiary/aromatic N) is 7. The summed E-state index contributed by atoms with van der Waals surface area (Å²) in [7, 11) is 0. The Morgan fingerprint density at radius 2 is 1.65 bits per heavy atom. The van der Waals surface area contributed by atoms with E-state index in [0.29, 0.717) is 11.2 Å². The topological polar surface area (TPSA) is 98.6 Å². The van der Waals surface area contributed by atoms with Crippen LogP contribution in [0.1, 0.15) is 24.4 Å². The zero-order chi connectivity index (χ0) is 26.9. The fourth-order valence-electron chi connectivity index (χ4n) is 5.50. The summed E-state index contributed by atoms with van der Waals surface area (Å²) in [6.45, 7) is 3.01. The second kappa shape index (κ2) is 10.6. The molecule has 0 saturated carbocycles. The van der Waals surface area contributed by atoms with Gasteiger partial charge in [-0.15, -0.1) is 10.2 Å². The van der Waals surface area contributed by atoms with Crippen molar-refractivity contribution in [2.75, 3.05) is 18.8 Å². The molecule has 7 rings (SSSR count). The zero-order valence-electron chi connectivity index (χ0n) is 21.9. The maximum Gasteiger partial charge on any atom is 0.203 e. The molecule has 6 aromatic rings. The monoisotopic (exact) mass is 544 g/mol. The molecule has 1 saturated heterocycles. The van der Waals surface area contributed by atoms with Crippen LogP contribution in [-0.4, -0.2) is 47.9 Å². The van der Waals surface area contributed by atoms with Crippen LogP contribution in [0.15, 0.2) is 91.4 Å². The smallest absolute Gasteiger partial charge is 0.203 e. The maximum atomic E-state index is 5.83. The molecular formula is C31H28N8S. The first-order valence-corrected chi connectivity index (χ1v) is 14.3. The van der Waals surface area contributed by atoms with Crippen molar-refractivity contribution in [3.05, 3.63) is 97.0 Å². The number of nitrogen functional groups attached to an aromatic ring is 1. The van der Waals surface area contributed by atoms with Crippen LogP contribution >= 0.6 is 11.3 Å². The van der Waals surface area contributed by atoms with Crippen molar-refractivity contribution in [1.82, 2.24) is 34.8 Å². The number of rotatable bonds is 6. The Labute approximate surface area is 236 Å². The summed E-state index contributed by atoms with van der Waals surface area (Å²) < 4.78 is 2.12. The fraction of sp³-hybridized carbons (Fsp3) is 0.194. The number of nitrogens with two attached hydrogens (primary N) is 1. The van der Waals surface area contributed by atoms with Crippen molar-refractivity contribution in [2.24, 2.45) is 0 Å². The Morgan fingerprint density at radius 3 is 2.42 bits per heavy atom. The minimum Gasteiger partial charge on any atom is -0.374 e. The van der Waals surface area contributed by atoms with Crippen molar-refractivity contribution in [3.63, 3.8) is 0 Å². The van der Waals surface area contributed by atoms with E-state index in [2.05, 4.69) is 78.4 Å². The molecule has 0 atom stereocenters. The summed E-state index contributed by atoms with van der Waals surface area (Å²) >= 11 is 1.37. The molecule has 9 heteroatoms. The second-order valence-electron chi connectivity index (χ2n) is 10.1. The molecule has 1 aliphatic heterocycles. The van der Waals surface area contributed by atoms with Gasteiger partial charge in [0.2, 0.25) is 5.13 Å². The summed E-state index contributed by atoms with van der Waals surface area (Å²) in [5.74, 6) is 0. The first-order valence-electron chi connectivity index (χ1n) is 13.5. The van der Waals surface area contributed by atoms with Gasteiger partial charge < -0.3 is 5.73 Å². The van der Waals surface area contributed by atoms with Crippen molar-refractivity contribution in [1.29, 1.82) is 0 Å². The number of pyridine rings is 2. The molecule has 0 amide bonds. The van der Waals surface area contributed by atoms with Crippen LogP contribution in [-0.2, 0) is 6.54 Å². The van der Waals surface area contributed by atoms with Gasteiger partial charge in [-0.25, -0.2) is 9.67 Å². The molecule has 0 aliphatic carbocycles. The third-order valence-corrected chi connectivity index (χ3v) is 8.35. The normalized spacial score (nSPS) is 14.6. The molecule has 0 bridgehead atoms. The number of hydrogen-bond donors (Lipinski definition) is 1. The fourth-order valence-corrected chi connectivity index (χ4v) is 6.09. The number of likely N-dealkylation sites (tertiary alicyclic amines) is 1. The van der Waals surface area contributed by atoms with E-state index < -0.39 is 0 Å². The lowest BCUT2D eigenvalue weighted by molar-refractivity contribution is 0.175. The van der Waals surface area contributed by atoms with Gasteiger partial charge >= 0.3 is 0 Å². The van der Waals surface area contributed by atoms with Crippen LogP contribution in [0, 0.1) is 0 Å². The van der Waals surface area contributed by atoms with E-state index in [9.17, 15) is 0 Å². The Kier molecular flexibility index (Phi) is 6.51. The van der Waals surface area contributed by atoms with Crippen molar-refractivity contribution in [2.45, 2.75) is 25.4 Å². The Bertz CT molecular complexity index is 1750. The van der Waals surface area contributed by atoms with Gasteiger partial charge in [-0.3, -0.25) is 9.88 Å². The molecular weight excluding hydrogens is 516 g/mol. The molecule has 4 aromatic heterocycles. The lowest BCUT2D eigenvalue weighted by Gasteiger charge is -2.32. The van der Waals surface area contributed by atoms with Crippen molar-refractivity contribution < 1.29 is 0 Å². The number of fused-ring (bicyclic) bond motifs is 1. The van der Waals surface area contributed by atoms with E-state index in [0.717, 1.165) is 76.5 Å². The van der Waals surface area contributed by atoms with Gasteiger partial charge in [-0.1, -0.05) is 65.9 Å². The summed E-state index contributed by atoms with van der Waals surface area (Å²) in [5, 5.41) is 15.1. The highest BCUT2D eigenvalue weighted by molar-refractivity contribution is 7.18. The SMILES string of the molecule is Nc1nnc(-c2cnc(-c3ccc(CN4CCC(n5ncc6cccnc65)CC4)cc3)c(-c3ccccc3)c2)s1. The summed E-state index contributed by atoms with van der Waals surface area (Å²) in [5.41, 5.74) is 13.2. The largest absolute Gasteiger partial charge is 0.374 e. The van der Waals surface area contributed by atoms with Crippen molar-refractivity contribution >= 4 is 27.5 Å². The Hall–Kier alpha value is -4.47. The molecule has 5 heterocycles. The van der Waals surface area contributed by atoms with E-state index in [4.69, 9.17) is 10.7 Å². The van der Waals surface area contributed by atoms with Crippen LogP contribution in [0.25, 0.3) is 44.0 Å². The molecule has 0 unspecified atom stereocenters. The van der Waals surface area contributed by atoms with Gasteiger partial charge in [-0.2, -0.15) is 5.10 Å². The highest BCUT2D eigenvalue weighted by atomic mass is 32.1. The van der Waals surface area contributed by atoms with Gasteiger partial charge in [0.15, 0.2) is 10.7 Å². The van der Waals surface area contributed by atoms with E-state index in [1.54, 1.807) is 0 Å². The van der Waals surface area contributed by atoms with E-state index in [1.165, 1.54) is 16.9 Å². The zero-order valence-corrected chi connectivity index (χ0v) is 22.7. The average Bonchev–Trinajstić information content (AvgIpc) is 3.65. The molecule has 0 spiro atoms. The molecule has 2 aromatic carbocycles. The lowest BCUT2D eigenvalue weighted by Crippen LogP contribution is -2.34. The first kappa shape index (κ1) is 24.6. The summed E-state index contributed by atoms with van der Waals surface area (Å²) in [6, 6.07) is 25.7. The number of benzene rings is 2. The van der Waals surface area contributed by atoms with Crippen LogP contribution in [0.3, 0.4) is 0 Å². The number of anilines is 1. The highest BCUT2D eigenvalue weighted by Crippen LogP contribution is 2.35. The molecule has 40 heavy (non-hydrogen) atoms. The molecule has 0 radical (unpaired) electrons. The molecule has 1 fully saturated rings. The minimum absolute atomic E-state index is 0.396. The van der Waals surface area contributed by atoms with Gasteiger partial charge in [-0.05, 0) is 42.2 Å². The van der Waals surface area contributed by atoms with E-state index in [-0.39, 0.29) is 0 Å². The van der Waals surface area contributed by atoms with Gasteiger partial charge in [0, 0.05) is 54.1 Å². The quantitative estimate of drug-likeness (QED) is 0.271. The van der Waals surface area contributed by atoms with Crippen LogP contribution < -0.4 is 5.73 Å². The average molecular weight is 545 g/mol. The maximum absolute atomic E-state index is 5.83. The summed E-state index contributed by atoms with van der Waals surface area (Å²) in [6.07, 6.45) is 7.78. The Balaban J connectivity index is 1.08. The van der Waals surface area contributed by atoms with Crippen LogP contribution in [0.4, 0.5) is 5.13 Å². The highest BCUT2D eigenvalue weighted by Gasteiger charge is 2.23. The van der Waals surface area contributed by atoms with Gasteiger partial charge in [0.05, 0.1) is 17.9 Å².